The molecule has 0 bridgehead atoms. The molecule has 1 aliphatic rings. The molecule has 0 aliphatic heterocycles. The van der Waals surface area contributed by atoms with Gasteiger partial charge in [0.15, 0.2) is 5.54 Å². The summed E-state index contributed by atoms with van der Waals surface area (Å²) in [5.41, 5.74) is 2.51. The van der Waals surface area contributed by atoms with Crippen molar-refractivity contribution in [2.75, 3.05) is 13.2 Å². The largest absolute Gasteiger partial charge is 0.479 e. The summed E-state index contributed by atoms with van der Waals surface area (Å²) < 4.78 is 5.43. The third-order valence-corrected chi connectivity index (χ3v) is 5.55. The molecule has 1 unspecified atom stereocenters. The molecule has 31 heavy (non-hydrogen) atoms. The van der Waals surface area contributed by atoms with Gasteiger partial charge in [0.05, 0.1) is 6.61 Å². The van der Waals surface area contributed by atoms with E-state index < -0.39 is 36.2 Å². The maximum atomic E-state index is 12.4. The van der Waals surface area contributed by atoms with Gasteiger partial charge < -0.3 is 25.6 Å². The quantitative estimate of drug-likeness (QED) is 0.513. The summed E-state index contributed by atoms with van der Waals surface area (Å²) in [6, 6.07) is 14.9. The van der Waals surface area contributed by atoms with Gasteiger partial charge in [-0.2, -0.15) is 0 Å². The first-order valence-electron chi connectivity index (χ1n) is 10.1. The zero-order chi connectivity index (χ0) is 22.6. The van der Waals surface area contributed by atoms with Crippen LogP contribution in [-0.2, 0) is 14.3 Å². The summed E-state index contributed by atoms with van der Waals surface area (Å²) in [6.45, 7) is 2.18. The van der Waals surface area contributed by atoms with E-state index in [-0.39, 0.29) is 18.9 Å². The predicted octanol–water partition coefficient (Wildman–Crippen LogP) is 2.26. The second-order valence-electron chi connectivity index (χ2n) is 7.72. The lowest BCUT2D eigenvalue weighted by Crippen LogP contribution is -2.59. The second kappa shape index (κ2) is 9.18. The summed E-state index contributed by atoms with van der Waals surface area (Å²) in [7, 11) is 0. The van der Waals surface area contributed by atoms with Crippen LogP contribution in [0.5, 0.6) is 0 Å². The SMILES string of the molecule is CC[C@@H](NC(=O)OCC1c2ccccc2-c2ccccc21)C(=O)NC(C)(CO)C(=O)O. The van der Waals surface area contributed by atoms with E-state index in [4.69, 9.17) is 4.74 Å². The Morgan fingerprint density at radius 1 is 1.06 bits per heavy atom. The maximum absolute atomic E-state index is 12.4. The average molecular weight is 426 g/mol. The molecule has 0 aromatic heterocycles. The first kappa shape index (κ1) is 22.3. The molecule has 0 saturated heterocycles. The Balaban J connectivity index is 1.64. The number of hydrogen-bond acceptors (Lipinski definition) is 5. The topological polar surface area (TPSA) is 125 Å². The first-order chi connectivity index (χ1) is 14.8. The van der Waals surface area contributed by atoms with Crippen molar-refractivity contribution in [1.29, 1.82) is 0 Å². The molecule has 0 heterocycles. The van der Waals surface area contributed by atoms with Crippen LogP contribution in [0.2, 0.25) is 0 Å². The van der Waals surface area contributed by atoms with Gasteiger partial charge in [-0.05, 0) is 35.6 Å². The summed E-state index contributed by atoms with van der Waals surface area (Å²) in [6.07, 6.45) is -0.554. The molecule has 8 nitrogen and oxygen atoms in total. The normalized spacial score (nSPS) is 15.2. The minimum Gasteiger partial charge on any atom is -0.479 e. The third-order valence-electron chi connectivity index (χ3n) is 5.55. The number of nitrogens with one attached hydrogen (secondary N) is 2. The number of benzene rings is 2. The van der Waals surface area contributed by atoms with Crippen LogP contribution in [0.25, 0.3) is 11.1 Å². The number of rotatable bonds is 8. The number of aliphatic hydroxyl groups is 1. The van der Waals surface area contributed by atoms with Crippen LogP contribution >= 0.6 is 0 Å². The molecule has 3 rings (SSSR count). The number of amides is 2. The number of hydrogen-bond donors (Lipinski definition) is 4. The van der Waals surface area contributed by atoms with Gasteiger partial charge in [-0.1, -0.05) is 55.5 Å². The Labute approximate surface area is 180 Å². The lowest BCUT2D eigenvalue weighted by Gasteiger charge is -2.26. The molecule has 4 N–H and O–H groups in total. The number of carbonyl (C=O) groups is 3. The lowest BCUT2D eigenvalue weighted by molar-refractivity contribution is -0.149. The number of carboxylic acid groups (broad SMARTS) is 1. The second-order valence-corrected chi connectivity index (χ2v) is 7.72. The van der Waals surface area contributed by atoms with E-state index in [1.165, 1.54) is 6.92 Å². The standard InChI is InChI=1S/C23H26N2O6/c1-3-19(20(27)25-23(2,13-26)21(28)29)24-22(30)31-12-18-16-10-6-4-8-14(16)15-9-5-7-11-17(15)18/h4-11,18-19,26H,3,12-13H2,1-2H3,(H,24,30)(H,25,27)(H,28,29)/t19-,23?/m1/s1. The van der Waals surface area contributed by atoms with Crippen LogP contribution in [0.15, 0.2) is 48.5 Å². The highest BCUT2D eigenvalue weighted by Gasteiger charge is 2.36. The number of ether oxygens (including phenoxy) is 1. The first-order valence-corrected chi connectivity index (χ1v) is 10.1. The Bertz CT molecular complexity index is 946. The van der Waals surface area contributed by atoms with Crippen LogP contribution in [0, 0.1) is 0 Å². The maximum Gasteiger partial charge on any atom is 0.407 e. The van der Waals surface area contributed by atoms with Crippen LogP contribution in [-0.4, -0.2) is 53.0 Å². The van der Waals surface area contributed by atoms with Gasteiger partial charge in [-0.15, -0.1) is 0 Å². The molecular weight excluding hydrogens is 400 g/mol. The monoisotopic (exact) mass is 426 g/mol. The van der Waals surface area contributed by atoms with Crippen molar-refractivity contribution in [1.82, 2.24) is 10.6 Å². The highest BCUT2D eigenvalue weighted by Crippen LogP contribution is 2.44. The Hall–Kier alpha value is -3.39. The van der Waals surface area contributed by atoms with Gasteiger partial charge in [0, 0.05) is 5.92 Å². The van der Waals surface area contributed by atoms with E-state index in [9.17, 15) is 24.6 Å². The van der Waals surface area contributed by atoms with Crippen LogP contribution in [0.4, 0.5) is 4.79 Å². The fraction of sp³-hybridized carbons (Fsp3) is 0.348. The number of aliphatic carboxylic acids is 1. The van der Waals surface area contributed by atoms with Crippen molar-refractivity contribution in [3.63, 3.8) is 0 Å². The summed E-state index contributed by atoms with van der Waals surface area (Å²) in [5.74, 6) is -2.20. The number of carboxylic acids is 1. The molecule has 2 aromatic carbocycles. The van der Waals surface area contributed by atoms with Gasteiger partial charge in [-0.3, -0.25) is 4.79 Å². The van der Waals surface area contributed by atoms with Gasteiger partial charge in [0.2, 0.25) is 5.91 Å². The van der Waals surface area contributed by atoms with Crippen molar-refractivity contribution in [3.8, 4) is 11.1 Å². The zero-order valence-corrected chi connectivity index (χ0v) is 17.4. The van der Waals surface area contributed by atoms with Crippen molar-refractivity contribution in [2.24, 2.45) is 0 Å². The van der Waals surface area contributed by atoms with E-state index in [1.807, 2.05) is 48.5 Å². The Morgan fingerprint density at radius 3 is 2.10 bits per heavy atom. The van der Waals surface area contributed by atoms with Crippen molar-refractivity contribution in [2.45, 2.75) is 37.8 Å². The number of aliphatic hydroxyl groups excluding tert-OH is 1. The summed E-state index contributed by atoms with van der Waals surface area (Å²) in [5, 5.41) is 23.2. The van der Waals surface area contributed by atoms with E-state index in [0.29, 0.717) is 0 Å². The summed E-state index contributed by atoms with van der Waals surface area (Å²) >= 11 is 0. The fourth-order valence-electron chi connectivity index (χ4n) is 3.65. The van der Waals surface area contributed by atoms with Crippen LogP contribution in [0.3, 0.4) is 0 Å². The van der Waals surface area contributed by atoms with Gasteiger partial charge in [0.25, 0.3) is 0 Å². The van der Waals surface area contributed by atoms with Crippen LogP contribution in [0.1, 0.15) is 37.3 Å². The molecule has 0 fully saturated rings. The lowest BCUT2D eigenvalue weighted by atomic mass is 9.98. The molecule has 2 amide bonds. The zero-order valence-electron chi connectivity index (χ0n) is 17.4. The van der Waals surface area contributed by atoms with E-state index in [0.717, 1.165) is 22.3 Å². The Kier molecular flexibility index (Phi) is 6.60. The molecule has 2 aromatic rings. The fourth-order valence-corrected chi connectivity index (χ4v) is 3.65. The molecule has 0 radical (unpaired) electrons. The van der Waals surface area contributed by atoms with Crippen LogP contribution < -0.4 is 10.6 Å². The minimum absolute atomic E-state index is 0.0986. The summed E-state index contributed by atoms with van der Waals surface area (Å²) in [4.78, 5) is 36.1. The minimum atomic E-state index is -1.84. The average Bonchev–Trinajstić information content (AvgIpc) is 3.09. The highest BCUT2D eigenvalue weighted by molar-refractivity contribution is 5.91. The van der Waals surface area contributed by atoms with Gasteiger partial charge in [0.1, 0.15) is 12.6 Å². The van der Waals surface area contributed by atoms with E-state index in [2.05, 4.69) is 10.6 Å². The Morgan fingerprint density at radius 2 is 1.61 bits per heavy atom. The van der Waals surface area contributed by atoms with Gasteiger partial charge >= 0.3 is 12.1 Å². The van der Waals surface area contributed by atoms with E-state index in [1.54, 1.807) is 6.92 Å². The number of fused-ring (bicyclic) bond motifs is 3. The molecule has 0 spiro atoms. The number of carbonyl (C=O) groups excluding carboxylic acids is 2. The highest BCUT2D eigenvalue weighted by atomic mass is 16.5. The van der Waals surface area contributed by atoms with Gasteiger partial charge in [-0.25, -0.2) is 9.59 Å². The molecule has 8 heteroatoms. The molecule has 164 valence electrons. The molecule has 2 atom stereocenters. The van der Waals surface area contributed by atoms with Crippen molar-refractivity contribution in [3.05, 3.63) is 59.7 Å². The molecular formula is C23H26N2O6. The van der Waals surface area contributed by atoms with Crippen molar-refractivity contribution < 1.29 is 29.3 Å². The van der Waals surface area contributed by atoms with Crippen molar-refractivity contribution >= 4 is 18.0 Å². The number of alkyl carbamates (subject to hydrolysis) is 1. The third kappa shape index (κ3) is 4.54. The molecule has 1 aliphatic carbocycles. The smallest absolute Gasteiger partial charge is 0.407 e. The molecule has 0 saturated carbocycles. The van der Waals surface area contributed by atoms with E-state index >= 15 is 0 Å². The predicted molar refractivity (Wildman–Crippen MR) is 114 cm³/mol.